The van der Waals surface area contributed by atoms with Gasteiger partial charge in [-0.3, -0.25) is 9.48 Å². The minimum atomic E-state index is -3.05. The molecule has 2 aliphatic heterocycles. The fourth-order valence-electron chi connectivity index (χ4n) is 4.01. The number of alkyl halides is 2. The molecular weight excluding hydrogens is 412 g/mol. The van der Waals surface area contributed by atoms with Crippen molar-refractivity contribution >= 4 is 28.8 Å². The first kappa shape index (κ1) is 19.7. The third-order valence-corrected chi connectivity index (χ3v) is 6.65. The van der Waals surface area contributed by atoms with Crippen molar-refractivity contribution in [2.24, 2.45) is 5.73 Å². The summed E-state index contributed by atoms with van der Waals surface area (Å²) in [6.45, 7) is 1.65. The first-order chi connectivity index (χ1) is 13.2. The number of piperidine rings is 1. The molecule has 2 aromatic rings. The molecule has 4 rings (SSSR count). The molecule has 0 aromatic carbocycles. The molecule has 1 amide bonds. The maximum Gasteiger partial charge on any atom is 0.297 e. The van der Waals surface area contributed by atoms with Gasteiger partial charge in [0.15, 0.2) is 0 Å². The molecule has 3 N–H and O–H groups in total. The largest absolute Gasteiger partial charge is 0.370 e. The zero-order valence-electron chi connectivity index (χ0n) is 15.1. The standard InChI is InChI=1S/C17H20ClF2N5O2S/c1-9-5-16(15-10(4-13(18)28-15)17(19,20)8-27-16)6-11(22-9)12-7-25(24-23-12)3-2-14(21)26/h4,7,9,11,22H,2-3,5-6,8H2,1H3,(H2,21,26)/t9-,11-,16-/m0/s1. The molecule has 0 bridgehead atoms. The van der Waals surface area contributed by atoms with Crippen molar-refractivity contribution in [2.75, 3.05) is 6.61 Å². The van der Waals surface area contributed by atoms with Gasteiger partial charge in [-0.15, -0.1) is 16.4 Å². The zero-order chi connectivity index (χ0) is 20.1. The molecule has 1 spiro atoms. The van der Waals surface area contributed by atoms with Gasteiger partial charge in [0.05, 0.1) is 28.8 Å². The highest BCUT2D eigenvalue weighted by Crippen LogP contribution is 2.54. The molecule has 1 fully saturated rings. The minimum Gasteiger partial charge on any atom is -0.370 e. The number of nitrogens with two attached hydrogens (primary N) is 1. The van der Waals surface area contributed by atoms with Crippen LogP contribution in [0.5, 0.6) is 0 Å². The number of nitrogens with zero attached hydrogens (tertiary/aromatic N) is 3. The summed E-state index contributed by atoms with van der Waals surface area (Å²) in [5.74, 6) is -3.47. The summed E-state index contributed by atoms with van der Waals surface area (Å²) >= 11 is 7.24. The van der Waals surface area contributed by atoms with Crippen LogP contribution in [0.3, 0.4) is 0 Å². The first-order valence-corrected chi connectivity index (χ1v) is 10.1. The van der Waals surface area contributed by atoms with Gasteiger partial charge >= 0.3 is 0 Å². The van der Waals surface area contributed by atoms with Gasteiger partial charge in [0.1, 0.15) is 12.2 Å². The van der Waals surface area contributed by atoms with E-state index in [1.165, 1.54) is 6.07 Å². The van der Waals surface area contributed by atoms with Crippen molar-refractivity contribution in [3.63, 3.8) is 0 Å². The average molecular weight is 432 g/mol. The molecule has 152 valence electrons. The van der Waals surface area contributed by atoms with Gasteiger partial charge in [-0.2, -0.15) is 8.78 Å². The summed E-state index contributed by atoms with van der Waals surface area (Å²) in [4.78, 5) is 11.5. The third kappa shape index (κ3) is 3.54. The van der Waals surface area contributed by atoms with Crippen molar-refractivity contribution in [3.05, 3.63) is 32.7 Å². The van der Waals surface area contributed by atoms with Crippen LogP contribution in [-0.4, -0.2) is 33.5 Å². The summed E-state index contributed by atoms with van der Waals surface area (Å²) < 4.78 is 36.4. The first-order valence-electron chi connectivity index (χ1n) is 8.95. The van der Waals surface area contributed by atoms with Crippen molar-refractivity contribution in [2.45, 2.75) is 56.3 Å². The van der Waals surface area contributed by atoms with Crippen LogP contribution in [0.2, 0.25) is 4.34 Å². The van der Waals surface area contributed by atoms with Gasteiger partial charge in [-0.25, -0.2) is 0 Å². The smallest absolute Gasteiger partial charge is 0.297 e. The molecule has 7 nitrogen and oxygen atoms in total. The second kappa shape index (κ2) is 7.01. The van der Waals surface area contributed by atoms with Gasteiger partial charge in [-0.1, -0.05) is 16.8 Å². The van der Waals surface area contributed by atoms with Crippen LogP contribution in [0.1, 0.15) is 48.4 Å². The van der Waals surface area contributed by atoms with Crippen molar-refractivity contribution < 1.29 is 18.3 Å². The SMILES string of the molecule is C[C@H]1C[C@@]2(C[C@@H](c3cn(CCC(N)=O)nn3)N1)OCC(F)(F)c1cc(Cl)sc12. The second-order valence-electron chi connectivity index (χ2n) is 7.43. The topological polar surface area (TPSA) is 95.1 Å². The monoisotopic (exact) mass is 431 g/mol. The number of aryl methyl sites for hydroxylation is 1. The molecule has 0 radical (unpaired) electrons. The Bertz CT molecular complexity index is 904. The summed E-state index contributed by atoms with van der Waals surface area (Å²) in [5.41, 5.74) is 4.96. The number of rotatable bonds is 4. The van der Waals surface area contributed by atoms with E-state index in [0.717, 1.165) is 11.3 Å². The summed E-state index contributed by atoms with van der Waals surface area (Å²) in [7, 11) is 0. The van der Waals surface area contributed by atoms with Crippen molar-refractivity contribution in [1.29, 1.82) is 0 Å². The molecule has 0 saturated carbocycles. The highest BCUT2D eigenvalue weighted by atomic mass is 35.5. The quantitative estimate of drug-likeness (QED) is 0.776. The average Bonchev–Trinajstić information content (AvgIpc) is 3.24. The third-order valence-electron chi connectivity index (χ3n) is 5.20. The van der Waals surface area contributed by atoms with Crippen molar-refractivity contribution in [1.82, 2.24) is 20.3 Å². The van der Waals surface area contributed by atoms with E-state index in [9.17, 15) is 13.6 Å². The Hall–Kier alpha value is -1.62. The zero-order valence-corrected chi connectivity index (χ0v) is 16.7. The number of carbonyl (C=O) groups is 1. The Morgan fingerprint density at radius 3 is 3.07 bits per heavy atom. The highest BCUT2D eigenvalue weighted by Gasteiger charge is 2.53. The van der Waals surface area contributed by atoms with Crippen molar-refractivity contribution in [3.8, 4) is 0 Å². The van der Waals surface area contributed by atoms with E-state index in [0.29, 0.717) is 34.3 Å². The maximum absolute atomic E-state index is 14.4. The molecule has 1 saturated heterocycles. The number of ether oxygens (including phenoxy) is 1. The Morgan fingerprint density at radius 2 is 2.32 bits per heavy atom. The number of thiophene rings is 1. The van der Waals surface area contributed by atoms with Crippen LogP contribution in [-0.2, 0) is 27.6 Å². The number of fused-ring (bicyclic) bond motifs is 2. The molecule has 0 unspecified atom stereocenters. The number of amides is 1. The number of aromatic nitrogens is 3. The van der Waals surface area contributed by atoms with Crippen LogP contribution < -0.4 is 11.1 Å². The molecule has 3 atom stereocenters. The van der Waals surface area contributed by atoms with Gasteiger partial charge in [0.25, 0.3) is 5.92 Å². The normalized spacial score (nSPS) is 29.0. The molecule has 11 heteroatoms. The highest BCUT2D eigenvalue weighted by molar-refractivity contribution is 7.16. The molecule has 2 aromatic heterocycles. The predicted molar refractivity (Wildman–Crippen MR) is 99.3 cm³/mol. The summed E-state index contributed by atoms with van der Waals surface area (Å²) in [5, 5.41) is 11.7. The number of carbonyl (C=O) groups excluding carboxylic acids is 1. The van der Waals surface area contributed by atoms with Gasteiger partial charge in [0.2, 0.25) is 5.91 Å². The Labute approximate surface area is 169 Å². The van der Waals surface area contributed by atoms with Crippen LogP contribution in [0, 0.1) is 0 Å². The van der Waals surface area contributed by atoms with Gasteiger partial charge in [0, 0.05) is 29.3 Å². The van der Waals surface area contributed by atoms with Crippen LogP contribution in [0.4, 0.5) is 8.78 Å². The Kier molecular flexibility index (Phi) is 4.93. The lowest BCUT2D eigenvalue weighted by Crippen LogP contribution is -2.51. The van der Waals surface area contributed by atoms with E-state index in [1.54, 1.807) is 10.9 Å². The van der Waals surface area contributed by atoms with E-state index >= 15 is 0 Å². The molecular formula is C17H20ClF2N5O2S. The number of nitrogens with one attached hydrogen (secondary N) is 1. The fraction of sp³-hybridized carbons (Fsp3) is 0.588. The van der Waals surface area contributed by atoms with Gasteiger partial charge in [-0.05, 0) is 19.4 Å². The molecule has 28 heavy (non-hydrogen) atoms. The fourth-order valence-corrected chi connectivity index (χ4v) is 5.45. The van der Waals surface area contributed by atoms with E-state index in [4.69, 9.17) is 22.1 Å². The number of primary amides is 1. The van der Waals surface area contributed by atoms with Crippen LogP contribution >= 0.6 is 22.9 Å². The molecule has 2 aliphatic rings. The Balaban J connectivity index is 1.63. The lowest BCUT2D eigenvalue weighted by Gasteiger charge is -2.47. The number of hydrogen-bond acceptors (Lipinski definition) is 6. The van der Waals surface area contributed by atoms with Crippen LogP contribution in [0.15, 0.2) is 12.3 Å². The number of hydrogen-bond donors (Lipinski definition) is 2. The van der Waals surface area contributed by atoms with E-state index in [2.05, 4.69) is 15.6 Å². The predicted octanol–water partition coefficient (Wildman–Crippen LogP) is 2.70. The molecule has 4 heterocycles. The lowest BCUT2D eigenvalue weighted by molar-refractivity contribution is -0.183. The lowest BCUT2D eigenvalue weighted by atomic mass is 9.78. The van der Waals surface area contributed by atoms with Crippen LogP contribution in [0.25, 0.3) is 0 Å². The summed E-state index contributed by atoms with van der Waals surface area (Å²) in [6.07, 6.45) is 2.90. The summed E-state index contributed by atoms with van der Waals surface area (Å²) in [6, 6.07) is 1.13. The molecule has 0 aliphatic carbocycles. The van der Waals surface area contributed by atoms with E-state index < -0.39 is 24.0 Å². The van der Waals surface area contributed by atoms with E-state index in [-0.39, 0.29) is 24.1 Å². The number of halogens is 3. The maximum atomic E-state index is 14.4. The Morgan fingerprint density at radius 1 is 1.54 bits per heavy atom. The second-order valence-corrected chi connectivity index (χ2v) is 9.12. The van der Waals surface area contributed by atoms with E-state index in [1.807, 2.05) is 6.92 Å². The van der Waals surface area contributed by atoms with Gasteiger partial charge < -0.3 is 15.8 Å². The minimum absolute atomic E-state index is 0.00923.